The van der Waals surface area contributed by atoms with Gasteiger partial charge < -0.3 is 4.13 Å². The van der Waals surface area contributed by atoms with Gasteiger partial charge in [0.05, 0.1) is 6.07 Å². The van der Waals surface area contributed by atoms with E-state index in [-0.39, 0.29) is 0 Å². The molecule has 27 heavy (non-hydrogen) atoms. The molecule has 0 aromatic carbocycles. The smallest absolute Gasteiger partial charge is 0.421 e. The van der Waals surface area contributed by atoms with Crippen LogP contribution in [0.5, 0.6) is 0 Å². The van der Waals surface area contributed by atoms with E-state index >= 15 is 0 Å². The van der Waals surface area contributed by atoms with Crippen LogP contribution in [0.15, 0.2) is 24.5 Å². The van der Waals surface area contributed by atoms with Crippen molar-refractivity contribution < 1.29 is 47.7 Å². The van der Waals surface area contributed by atoms with Gasteiger partial charge in [-0.2, -0.15) is 31.6 Å². The van der Waals surface area contributed by atoms with Crippen LogP contribution < -0.4 is 4.57 Å². The van der Waals surface area contributed by atoms with Crippen molar-refractivity contribution in [2.45, 2.75) is 37.3 Å². The van der Waals surface area contributed by atoms with Gasteiger partial charge in [-0.05, 0) is 13.0 Å². The Morgan fingerprint density at radius 1 is 1.07 bits per heavy atom. The number of rotatable bonds is 5. The summed E-state index contributed by atoms with van der Waals surface area (Å²) in [6.45, 7) is 3.01. The van der Waals surface area contributed by atoms with Crippen molar-refractivity contribution >= 4 is 20.0 Å². The molecule has 0 saturated heterocycles. The maximum atomic E-state index is 11.4. The number of nitrogens with zero attached hydrogens (tertiary/aromatic N) is 3. The first kappa shape index (κ1) is 25.1. The van der Waals surface area contributed by atoms with Crippen LogP contribution in [0, 0.1) is 18.3 Å². The number of halogens is 6. The minimum atomic E-state index is -6.72. The Bertz CT molecular complexity index is 832. The molecule has 0 bridgehead atoms. The molecule has 0 amide bonds. The number of unbranched alkanes of at least 4 members (excludes halogenated alkanes) is 1. The molecule has 0 spiro atoms. The average molecular weight is 441 g/mol. The second kappa shape index (κ2) is 9.33. The lowest BCUT2D eigenvalue weighted by Crippen LogP contribution is -2.32. The van der Waals surface area contributed by atoms with Gasteiger partial charge in [-0.3, -0.25) is 0 Å². The minimum Gasteiger partial charge on any atom is -0.421 e. The van der Waals surface area contributed by atoms with E-state index in [1.165, 1.54) is 5.56 Å². The van der Waals surface area contributed by atoms with Crippen molar-refractivity contribution in [3.8, 4) is 6.07 Å². The van der Waals surface area contributed by atoms with E-state index in [4.69, 9.17) is 5.26 Å². The van der Waals surface area contributed by atoms with Gasteiger partial charge in [-0.15, -0.1) is 0 Å². The van der Waals surface area contributed by atoms with E-state index in [0.29, 0.717) is 6.42 Å². The number of pyridine rings is 1. The van der Waals surface area contributed by atoms with Crippen LogP contribution >= 0.6 is 0 Å². The number of hydrogen-bond donors (Lipinski definition) is 0. The molecular weight excluding hydrogens is 428 g/mol. The average Bonchev–Trinajstić information content (AvgIpc) is 2.45. The van der Waals surface area contributed by atoms with Crippen molar-refractivity contribution in [2.75, 3.05) is 0 Å². The number of alkyl halides is 6. The molecule has 0 fully saturated rings. The van der Waals surface area contributed by atoms with Crippen LogP contribution in [0.4, 0.5) is 26.3 Å². The fourth-order valence-corrected chi connectivity index (χ4v) is 3.06. The summed E-state index contributed by atoms with van der Waals surface area (Å²) >= 11 is 0. The Hall–Kier alpha value is -1.92. The van der Waals surface area contributed by atoms with Gasteiger partial charge in [0, 0.05) is 24.5 Å². The summed E-state index contributed by atoms with van der Waals surface area (Å²) < 4.78 is 111. The molecule has 0 radical (unpaired) electrons. The molecule has 0 aliphatic heterocycles. The molecule has 1 rings (SSSR count). The van der Waals surface area contributed by atoms with E-state index in [1.807, 2.05) is 12.3 Å². The monoisotopic (exact) mass is 441 g/mol. The standard InChI is InChI=1S/C10H13N2.C2F6NO4S2/c1-10-5-4-8-12(9-10)7-3-2-6-11;3-1(4,5)14(10,11)9-15(12,13)2(6,7)8/h4-5,8-9H,2-3,7H2,1H3;/q+1;-1. The number of aromatic nitrogens is 1. The Labute approximate surface area is 151 Å². The van der Waals surface area contributed by atoms with E-state index in [9.17, 15) is 43.2 Å². The number of aryl methyl sites for hydroxylation is 2. The molecule has 15 heteroatoms. The van der Waals surface area contributed by atoms with Crippen LogP contribution in [-0.4, -0.2) is 27.9 Å². The highest BCUT2D eigenvalue weighted by molar-refractivity contribution is 8.13. The highest BCUT2D eigenvalue weighted by atomic mass is 32.3. The first-order valence-corrected chi connectivity index (χ1v) is 9.61. The number of hydrogen-bond acceptors (Lipinski definition) is 5. The molecule has 1 aromatic rings. The fraction of sp³-hybridized carbons (Fsp3) is 0.500. The fourth-order valence-electron chi connectivity index (χ4n) is 1.35. The van der Waals surface area contributed by atoms with Crippen molar-refractivity contribution in [2.24, 2.45) is 0 Å². The summed E-state index contributed by atoms with van der Waals surface area (Å²) in [4.78, 5) is 0. The van der Waals surface area contributed by atoms with Crippen LogP contribution in [0.1, 0.15) is 18.4 Å². The minimum absolute atomic E-state index is 0.640. The van der Waals surface area contributed by atoms with Gasteiger partial charge in [-0.1, -0.05) is 0 Å². The Kier molecular flexibility index (Phi) is 8.67. The predicted octanol–water partition coefficient (Wildman–Crippen LogP) is 2.65. The summed E-state index contributed by atoms with van der Waals surface area (Å²) in [5, 5.41) is 8.34. The lowest BCUT2D eigenvalue weighted by Gasteiger charge is -2.22. The second-order valence-corrected chi connectivity index (χ2v) is 8.22. The zero-order chi connectivity index (χ0) is 21.5. The zero-order valence-electron chi connectivity index (χ0n) is 13.5. The van der Waals surface area contributed by atoms with Gasteiger partial charge in [-0.25, -0.2) is 21.4 Å². The van der Waals surface area contributed by atoms with Crippen LogP contribution in [-0.2, 0) is 26.6 Å². The van der Waals surface area contributed by atoms with Gasteiger partial charge in [0.25, 0.3) is 0 Å². The molecule has 154 valence electrons. The zero-order valence-corrected chi connectivity index (χ0v) is 15.1. The maximum Gasteiger partial charge on any atom is 0.480 e. The highest BCUT2D eigenvalue weighted by Gasteiger charge is 2.46. The highest BCUT2D eigenvalue weighted by Crippen LogP contribution is 2.36. The van der Waals surface area contributed by atoms with Gasteiger partial charge in [0.1, 0.15) is 6.54 Å². The van der Waals surface area contributed by atoms with Crippen LogP contribution in [0.3, 0.4) is 0 Å². The largest absolute Gasteiger partial charge is 0.480 e. The SMILES string of the molecule is Cc1ccc[n+](CCCC#N)c1.O=S(=O)([N-]S(=O)(=O)C(F)(F)F)C(F)(F)F. The quantitative estimate of drug-likeness (QED) is 0.396. The van der Waals surface area contributed by atoms with E-state index in [2.05, 4.69) is 29.8 Å². The normalized spacial score (nSPS) is 12.7. The van der Waals surface area contributed by atoms with E-state index < -0.39 is 31.1 Å². The third-order valence-electron chi connectivity index (χ3n) is 2.49. The molecular formula is C12H13F6N3O4S2. The number of sulfonamides is 2. The van der Waals surface area contributed by atoms with E-state index in [1.54, 1.807) is 0 Å². The first-order chi connectivity index (χ1) is 12.0. The second-order valence-electron chi connectivity index (χ2n) is 4.80. The molecule has 1 heterocycles. The Morgan fingerprint density at radius 2 is 1.56 bits per heavy atom. The van der Waals surface area contributed by atoms with Crippen molar-refractivity contribution in [3.05, 3.63) is 34.2 Å². The lowest BCUT2D eigenvalue weighted by molar-refractivity contribution is -0.697. The summed E-state index contributed by atoms with van der Waals surface area (Å²) in [5.74, 6) is 0. The molecule has 1 aromatic heterocycles. The number of nitriles is 1. The maximum absolute atomic E-state index is 11.4. The summed E-state index contributed by atoms with van der Waals surface area (Å²) in [7, 11) is -13.4. The lowest BCUT2D eigenvalue weighted by atomic mass is 10.3. The van der Waals surface area contributed by atoms with Gasteiger partial charge >= 0.3 is 11.0 Å². The first-order valence-electron chi connectivity index (χ1n) is 6.73. The van der Waals surface area contributed by atoms with Crippen molar-refractivity contribution in [3.63, 3.8) is 0 Å². The predicted molar refractivity (Wildman–Crippen MR) is 79.5 cm³/mol. The molecule has 0 aliphatic rings. The van der Waals surface area contributed by atoms with Crippen LogP contribution in [0.2, 0.25) is 0 Å². The van der Waals surface area contributed by atoms with Gasteiger partial charge in [0.15, 0.2) is 32.4 Å². The molecule has 0 unspecified atom stereocenters. The Morgan fingerprint density at radius 3 is 1.93 bits per heavy atom. The summed E-state index contributed by atoms with van der Waals surface area (Å²) in [6, 6.07) is 6.24. The van der Waals surface area contributed by atoms with Crippen molar-refractivity contribution in [1.29, 1.82) is 5.26 Å². The Balaban J connectivity index is 0.000000511. The molecule has 0 N–H and O–H groups in total. The third kappa shape index (κ3) is 8.54. The summed E-state index contributed by atoms with van der Waals surface area (Å²) in [6.07, 6.45) is 5.70. The topological polar surface area (TPSA) is 110 Å². The van der Waals surface area contributed by atoms with E-state index in [0.717, 1.165) is 17.1 Å². The summed E-state index contributed by atoms with van der Waals surface area (Å²) in [5.41, 5.74) is -11.1. The van der Waals surface area contributed by atoms with Crippen molar-refractivity contribution in [1.82, 2.24) is 0 Å². The molecule has 0 saturated carbocycles. The van der Waals surface area contributed by atoms with Gasteiger partial charge in [0.2, 0.25) is 0 Å². The van der Waals surface area contributed by atoms with Crippen LogP contribution in [0.25, 0.3) is 4.13 Å². The molecule has 0 atom stereocenters. The third-order valence-corrected chi connectivity index (χ3v) is 5.23. The molecule has 0 aliphatic carbocycles. The molecule has 7 nitrogen and oxygen atoms in total.